The molecular formula is C10H7F3N4O2. The quantitative estimate of drug-likeness (QED) is 0.865. The molecule has 0 radical (unpaired) electrons. The summed E-state index contributed by atoms with van der Waals surface area (Å²) < 4.78 is 38.1. The lowest BCUT2D eigenvalue weighted by Crippen LogP contribution is -2.08. The maximum Gasteiger partial charge on any atom is 0.419 e. The number of rotatable bonds is 2. The van der Waals surface area contributed by atoms with Gasteiger partial charge in [0.2, 0.25) is 0 Å². The number of nitrogens with two attached hydrogens (primary N) is 1. The van der Waals surface area contributed by atoms with E-state index in [9.17, 15) is 18.0 Å². The summed E-state index contributed by atoms with van der Waals surface area (Å²) >= 11 is 0. The number of hydrogen-bond acceptors (Lipinski definition) is 4. The third-order valence-corrected chi connectivity index (χ3v) is 2.29. The predicted molar refractivity (Wildman–Crippen MR) is 57.7 cm³/mol. The first kappa shape index (κ1) is 12.9. The second kappa shape index (κ2) is 4.26. The average Bonchev–Trinajstić information content (AvgIpc) is 2.77. The number of nitrogens with zero attached hydrogens (tertiary/aromatic N) is 3. The number of carbonyl (C=O) groups is 1. The highest BCUT2D eigenvalue weighted by atomic mass is 19.4. The van der Waals surface area contributed by atoms with Gasteiger partial charge >= 0.3 is 12.1 Å². The van der Waals surface area contributed by atoms with E-state index in [1.165, 1.54) is 0 Å². The van der Waals surface area contributed by atoms with Gasteiger partial charge in [-0.1, -0.05) is 0 Å². The second-order valence-corrected chi connectivity index (χ2v) is 3.60. The minimum Gasteiger partial charge on any atom is -0.478 e. The summed E-state index contributed by atoms with van der Waals surface area (Å²) in [7, 11) is 0. The maximum absolute atomic E-state index is 12.4. The normalized spacial score (nSPS) is 11.5. The zero-order valence-corrected chi connectivity index (χ0v) is 9.22. The molecule has 0 aliphatic heterocycles. The predicted octanol–water partition coefficient (Wildman–Crippen LogP) is 1.57. The highest BCUT2D eigenvalue weighted by molar-refractivity contribution is 5.92. The molecule has 2 aromatic heterocycles. The molecule has 0 unspecified atom stereocenters. The molecule has 3 N–H and O–H groups in total. The molecule has 0 aromatic carbocycles. The summed E-state index contributed by atoms with van der Waals surface area (Å²) in [5.41, 5.74) is 3.96. The Bertz CT molecular complexity index is 636. The number of anilines is 1. The van der Waals surface area contributed by atoms with Crippen molar-refractivity contribution in [2.75, 3.05) is 5.73 Å². The van der Waals surface area contributed by atoms with Crippen LogP contribution in [0.5, 0.6) is 0 Å². The Morgan fingerprint density at radius 2 is 2.05 bits per heavy atom. The van der Waals surface area contributed by atoms with Crippen LogP contribution in [0.4, 0.5) is 19.0 Å². The number of hydrogen-bond donors (Lipinski definition) is 2. The fourth-order valence-corrected chi connectivity index (χ4v) is 1.42. The van der Waals surface area contributed by atoms with Crippen molar-refractivity contribution in [3.05, 3.63) is 35.8 Å². The fraction of sp³-hybridized carbons (Fsp3) is 0.100. The fourth-order valence-electron chi connectivity index (χ4n) is 1.42. The van der Waals surface area contributed by atoms with Crippen molar-refractivity contribution in [2.24, 2.45) is 0 Å². The Morgan fingerprint density at radius 1 is 1.37 bits per heavy atom. The number of pyridine rings is 1. The van der Waals surface area contributed by atoms with Crippen LogP contribution in [0.15, 0.2) is 24.7 Å². The van der Waals surface area contributed by atoms with Gasteiger partial charge in [0.05, 0.1) is 29.2 Å². The summed E-state index contributed by atoms with van der Waals surface area (Å²) in [6.07, 6.45) is -2.23. The molecule has 9 heteroatoms. The van der Waals surface area contributed by atoms with Crippen LogP contribution in [-0.4, -0.2) is 25.8 Å². The first-order valence-corrected chi connectivity index (χ1v) is 4.90. The van der Waals surface area contributed by atoms with Gasteiger partial charge in [0.15, 0.2) is 0 Å². The molecule has 0 saturated carbocycles. The zero-order chi connectivity index (χ0) is 14.2. The SMILES string of the molecule is Nc1cc(C(=O)O)c(-n2cc(C(F)(F)F)cn2)cn1. The summed E-state index contributed by atoms with van der Waals surface area (Å²) in [4.78, 5) is 14.6. The van der Waals surface area contributed by atoms with Gasteiger partial charge in [0, 0.05) is 6.20 Å². The van der Waals surface area contributed by atoms with Crippen molar-refractivity contribution in [2.45, 2.75) is 6.18 Å². The molecule has 0 atom stereocenters. The van der Waals surface area contributed by atoms with Crippen molar-refractivity contribution in [1.29, 1.82) is 0 Å². The van der Waals surface area contributed by atoms with Crippen LogP contribution in [0.1, 0.15) is 15.9 Å². The van der Waals surface area contributed by atoms with Crippen LogP contribution in [0, 0.1) is 0 Å². The largest absolute Gasteiger partial charge is 0.478 e. The van der Waals surface area contributed by atoms with Crippen molar-refractivity contribution < 1.29 is 23.1 Å². The lowest BCUT2D eigenvalue weighted by molar-refractivity contribution is -0.137. The molecular weight excluding hydrogens is 265 g/mol. The third kappa shape index (κ3) is 2.49. The van der Waals surface area contributed by atoms with E-state index in [4.69, 9.17) is 10.8 Å². The van der Waals surface area contributed by atoms with Gasteiger partial charge in [-0.15, -0.1) is 0 Å². The zero-order valence-electron chi connectivity index (χ0n) is 9.22. The minimum absolute atomic E-state index is 0.0515. The standard InChI is InChI=1S/C10H7F3N4O2/c11-10(12,13)5-2-16-17(4-5)7-3-15-8(14)1-6(7)9(18)19/h1-4H,(H2,14,15)(H,18,19). The number of alkyl halides is 3. The van der Waals surface area contributed by atoms with E-state index in [2.05, 4.69) is 10.1 Å². The van der Waals surface area contributed by atoms with Crippen molar-refractivity contribution in [1.82, 2.24) is 14.8 Å². The Morgan fingerprint density at radius 3 is 2.58 bits per heavy atom. The maximum atomic E-state index is 12.4. The number of aromatic nitrogens is 3. The molecule has 0 saturated heterocycles. The average molecular weight is 272 g/mol. The lowest BCUT2D eigenvalue weighted by Gasteiger charge is -2.06. The van der Waals surface area contributed by atoms with Crippen LogP contribution >= 0.6 is 0 Å². The van der Waals surface area contributed by atoms with Gasteiger partial charge in [-0.3, -0.25) is 0 Å². The lowest BCUT2D eigenvalue weighted by atomic mass is 10.2. The summed E-state index contributed by atoms with van der Waals surface area (Å²) in [6, 6.07) is 1.05. The van der Waals surface area contributed by atoms with Crippen molar-refractivity contribution in [3.63, 3.8) is 0 Å². The first-order chi connectivity index (χ1) is 8.79. The van der Waals surface area contributed by atoms with E-state index in [0.717, 1.165) is 16.9 Å². The van der Waals surface area contributed by atoms with Crippen molar-refractivity contribution in [3.8, 4) is 5.69 Å². The van der Waals surface area contributed by atoms with E-state index >= 15 is 0 Å². The third-order valence-electron chi connectivity index (χ3n) is 2.29. The highest BCUT2D eigenvalue weighted by Crippen LogP contribution is 2.29. The molecule has 19 heavy (non-hydrogen) atoms. The molecule has 0 spiro atoms. The Kier molecular flexibility index (Phi) is 2.89. The molecule has 0 aliphatic rings. The van der Waals surface area contributed by atoms with Crippen LogP contribution in [0.25, 0.3) is 5.69 Å². The number of carboxylic acid groups (broad SMARTS) is 1. The summed E-state index contributed by atoms with van der Waals surface area (Å²) in [6.45, 7) is 0. The Labute approximate surface area is 104 Å². The molecule has 2 heterocycles. The van der Waals surface area contributed by atoms with Crippen molar-refractivity contribution >= 4 is 11.8 Å². The van der Waals surface area contributed by atoms with E-state index in [0.29, 0.717) is 12.4 Å². The van der Waals surface area contributed by atoms with E-state index in [1.54, 1.807) is 0 Å². The van der Waals surface area contributed by atoms with Crippen LogP contribution < -0.4 is 5.73 Å². The molecule has 2 aromatic rings. The smallest absolute Gasteiger partial charge is 0.419 e. The number of nitrogen functional groups attached to an aromatic ring is 1. The van der Waals surface area contributed by atoms with Crippen LogP contribution in [-0.2, 0) is 6.18 Å². The number of aromatic carboxylic acids is 1. The van der Waals surface area contributed by atoms with Crippen LogP contribution in [0.2, 0.25) is 0 Å². The Balaban J connectivity index is 2.53. The molecule has 0 aliphatic carbocycles. The van der Waals surface area contributed by atoms with E-state index < -0.39 is 17.7 Å². The molecule has 6 nitrogen and oxygen atoms in total. The Hall–Kier alpha value is -2.58. The highest BCUT2D eigenvalue weighted by Gasteiger charge is 2.32. The molecule has 100 valence electrons. The monoisotopic (exact) mass is 272 g/mol. The summed E-state index contributed by atoms with van der Waals surface area (Å²) in [5, 5.41) is 12.4. The van der Waals surface area contributed by atoms with Crippen LogP contribution in [0.3, 0.4) is 0 Å². The first-order valence-electron chi connectivity index (χ1n) is 4.90. The van der Waals surface area contributed by atoms with Gasteiger partial charge in [-0.05, 0) is 6.07 Å². The second-order valence-electron chi connectivity index (χ2n) is 3.60. The number of halogens is 3. The topological polar surface area (TPSA) is 94.0 Å². The van der Waals surface area contributed by atoms with Gasteiger partial charge < -0.3 is 10.8 Å². The minimum atomic E-state index is -4.55. The van der Waals surface area contributed by atoms with Gasteiger partial charge in [0.1, 0.15) is 5.82 Å². The van der Waals surface area contributed by atoms with E-state index in [1.807, 2.05) is 0 Å². The van der Waals surface area contributed by atoms with Gasteiger partial charge in [-0.2, -0.15) is 18.3 Å². The van der Waals surface area contributed by atoms with E-state index in [-0.39, 0.29) is 17.1 Å². The van der Waals surface area contributed by atoms with Gasteiger partial charge in [0.25, 0.3) is 0 Å². The molecule has 0 fully saturated rings. The molecule has 0 bridgehead atoms. The molecule has 0 amide bonds. The van der Waals surface area contributed by atoms with Gasteiger partial charge in [-0.25, -0.2) is 14.5 Å². The molecule has 2 rings (SSSR count). The number of carboxylic acids is 1. The summed E-state index contributed by atoms with van der Waals surface area (Å²) in [5.74, 6) is -1.39.